The maximum atomic E-state index is 11.7. The van der Waals surface area contributed by atoms with Gasteiger partial charge >= 0.3 is 5.97 Å². The van der Waals surface area contributed by atoms with Gasteiger partial charge < -0.3 is 20.1 Å². The fourth-order valence-electron chi connectivity index (χ4n) is 1.67. The van der Waals surface area contributed by atoms with Crippen LogP contribution < -0.4 is 10.6 Å². The Morgan fingerprint density at radius 2 is 1.89 bits per heavy atom. The summed E-state index contributed by atoms with van der Waals surface area (Å²) in [6, 6.07) is 0. The molecule has 0 radical (unpaired) electrons. The summed E-state index contributed by atoms with van der Waals surface area (Å²) in [7, 11) is 4.69. The molecule has 0 aromatic carbocycles. The second-order valence-corrected chi connectivity index (χ2v) is 4.50. The van der Waals surface area contributed by atoms with E-state index in [4.69, 9.17) is 4.74 Å². The van der Waals surface area contributed by atoms with E-state index in [-0.39, 0.29) is 37.3 Å². The standard InChI is InChI=1S/C12H24N2O4.ClH/c1-12(9-17-3,8-11(16)18-4)14-10(15)6-5-7-13-2;/h13H,5-9H2,1-4H3,(H,14,15);1H. The number of carbonyl (C=O) groups is 2. The van der Waals surface area contributed by atoms with E-state index in [1.165, 1.54) is 14.2 Å². The smallest absolute Gasteiger partial charge is 0.307 e. The molecule has 0 saturated carbocycles. The number of hydrogen-bond donors (Lipinski definition) is 2. The zero-order valence-electron chi connectivity index (χ0n) is 12.1. The molecule has 0 spiro atoms. The first-order valence-corrected chi connectivity index (χ1v) is 5.99. The lowest BCUT2D eigenvalue weighted by Crippen LogP contribution is -2.51. The topological polar surface area (TPSA) is 76.7 Å². The van der Waals surface area contributed by atoms with Crippen molar-refractivity contribution in [2.24, 2.45) is 0 Å². The molecule has 114 valence electrons. The fraction of sp³-hybridized carbons (Fsp3) is 0.833. The molecule has 0 aliphatic rings. The van der Waals surface area contributed by atoms with E-state index in [0.29, 0.717) is 6.42 Å². The lowest BCUT2D eigenvalue weighted by atomic mass is 9.98. The number of nitrogens with one attached hydrogen (secondary N) is 2. The molecule has 0 bridgehead atoms. The second kappa shape index (κ2) is 11.0. The van der Waals surface area contributed by atoms with Gasteiger partial charge in [-0.2, -0.15) is 0 Å². The van der Waals surface area contributed by atoms with E-state index >= 15 is 0 Å². The van der Waals surface area contributed by atoms with Crippen LogP contribution in [0.4, 0.5) is 0 Å². The molecular formula is C12H25ClN2O4. The minimum Gasteiger partial charge on any atom is -0.469 e. The number of rotatable bonds is 9. The van der Waals surface area contributed by atoms with E-state index in [1.807, 2.05) is 7.05 Å². The first-order valence-electron chi connectivity index (χ1n) is 5.99. The van der Waals surface area contributed by atoms with Crippen LogP contribution in [0.15, 0.2) is 0 Å². The van der Waals surface area contributed by atoms with Crippen LogP contribution in [0, 0.1) is 0 Å². The van der Waals surface area contributed by atoms with Gasteiger partial charge in [0.15, 0.2) is 0 Å². The van der Waals surface area contributed by atoms with Crippen molar-refractivity contribution in [2.45, 2.75) is 31.7 Å². The van der Waals surface area contributed by atoms with E-state index < -0.39 is 5.54 Å². The maximum Gasteiger partial charge on any atom is 0.307 e. The number of amides is 1. The van der Waals surface area contributed by atoms with Crippen molar-refractivity contribution in [3.8, 4) is 0 Å². The number of halogens is 1. The second-order valence-electron chi connectivity index (χ2n) is 4.50. The van der Waals surface area contributed by atoms with Gasteiger partial charge in [-0.25, -0.2) is 0 Å². The molecule has 0 heterocycles. The number of esters is 1. The van der Waals surface area contributed by atoms with Crippen molar-refractivity contribution in [1.29, 1.82) is 0 Å². The summed E-state index contributed by atoms with van der Waals surface area (Å²) in [5.74, 6) is -0.459. The highest BCUT2D eigenvalue weighted by atomic mass is 35.5. The monoisotopic (exact) mass is 296 g/mol. The summed E-state index contributed by atoms with van der Waals surface area (Å²) in [4.78, 5) is 23.0. The van der Waals surface area contributed by atoms with Crippen LogP contribution in [0.2, 0.25) is 0 Å². The molecule has 2 N–H and O–H groups in total. The summed E-state index contributed by atoms with van der Waals surface area (Å²) in [6.07, 6.45) is 1.26. The lowest BCUT2D eigenvalue weighted by molar-refractivity contribution is -0.143. The largest absolute Gasteiger partial charge is 0.469 e. The average Bonchev–Trinajstić information content (AvgIpc) is 2.28. The third kappa shape index (κ3) is 9.69. The summed E-state index contributed by atoms with van der Waals surface area (Å²) >= 11 is 0. The van der Waals surface area contributed by atoms with Crippen LogP contribution in [0.25, 0.3) is 0 Å². The molecule has 6 nitrogen and oxygen atoms in total. The average molecular weight is 297 g/mol. The SMILES string of the molecule is CNCCCC(=O)NC(C)(COC)CC(=O)OC.Cl. The number of methoxy groups -OCH3 is 2. The summed E-state index contributed by atoms with van der Waals surface area (Å²) in [5.41, 5.74) is -0.724. The Kier molecular flexibility index (Phi) is 11.9. The highest BCUT2D eigenvalue weighted by Crippen LogP contribution is 2.12. The quantitative estimate of drug-likeness (QED) is 0.478. The number of carbonyl (C=O) groups excluding carboxylic acids is 2. The van der Waals surface area contributed by atoms with E-state index in [1.54, 1.807) is 6.92 Å². The predicted octanol–water partition coefficient (Wildman–Crippen LogP) is 0.492. The Morgan fingerprint density at radius 1 is 1.26 bits per heavy atom. The molecule has 0 aromatic rings. The van der Waals surface area contributed by atoms with Crippen molar-refractivity contribution in [1.82, 2.24) is 10.6 Å². The van der Waals surface area contributed by atoms with Gasteiger partial charge in [-0.3, -0.25) is 9.59 Å². The molecule has 0 aliphatic heterocycles. The molecule has 7 heteroatoms. The van der Waals surface area contributed by atoms with Gasteiger partial charge in [-0.05, 0) is 26.9 Å². The van der Waals surface area contributed by atoms with Crippen LogP contribution in [0.3, 0.4) is 0 Å². The van der Waals surface area contributed by atoms with Crippen molar-refractivity contribution >= 4 is 24.3 Å². The van der Waals surface area contributed by atoms with Gasteiger partial charge in [0.25, 0.3) is 0 Å². The Balaban J connectivity index is 0. The van der Waals surface area contributed by atoms with E-state index in [9.17, 15) is 9.59 Å². The minimum atomic E-state index is -0.724. The van der Waals surface area contributed by atoms with Crippen LogP contribution >= 0.6 is 12.4 Å². The zero-order chi connectivity index (χ0) is 14.0. The Hall–Kier alpha value is -0.850. The van der Waals surface area contributed by atoms with Gasteiger partial charge in [0.2, 0.25) is 5.91 Å². The van der Waals surface area contributed by atoms with Crippen molar-refractivity contribution in [2.75, 3.05) is 34.4 Å². The third-order valence-corrected chi connectivity index (χ3v) is 2.50. The normalized spacial score (nSPS) is 13.1. The van der Waals surface area contributed by atoms with Crippen molar-refractivity contribution < 1.29 is 19.1 Å². The minimum absolute atomic E-state index is 0. The van der Waals surface area contributed by atoms with Crippen LogP contribution in [-0.2, 0) is 19.1 Å². The predicted molar refractivity (Wildman–Crippen MR) is 75.5 cm³/mol. The molecule has 19 heavy (non-hydrogen) atoms. The summed E-state index contributed by atoms with van der Waals surface area (Å²) in [6.45, 7) is 2.81. The van der Waals surface area contributed by atoms with Gasteiger partial charge in [-0.1, -0.05) is 0 Å². The van der Waals surface area contributed by atoms with Crippen molar-refractivity contribution in [3.05, 3.63) is 0 Å². The molecule has 0 fully saturated rings. The molecule has 0 aliphatic carbocycles. The van der Waals surface area contributed by atoms with Crippen LogP contribution in [0.5, 0.6) is 0 Å². The number of ether oxygens (including phenoxy) is 2. The summed E-state index contributed by atoms with van der Waals surface area (Å²) in [5, 5.41) is 5.80. The van der Waals surface area contributed by atoms with Crippen molar-refractivity contribution in [3.63, 3.8) is 0 Å². The molecule has 1 atom stereocenters. The molecular weight excluding hydrogens is 272 g/mol. The molecule has 0 rings (SSSR count). The van der Waals surface area contributed by atoms with Crippen LogP contribution in [0.1, 0.15) is 26.2 Å². The van der Waals surface area contributed by atoms with Gasteiger partial charge in [-0.15, -0.1) is 12.4 Å². The molecule has 1 amide bonds. The molecule has 0 saturated heterocycles. The van der Waals surface area contributed by atoms with Gasteiger partial charge in [0.1, 0.15) is 0 Å². The Bertz CT molecular complexity index is 276. The lowest BCUT2D eigenvalue weighted by Gasteiger charge is -2.29. The fourth-order valence-corrected chi connectivity index (χ4v) is 1.67. The molecule has 0 aromatic heterocycles. The Morgan fingerprint density at radius 3 is 2.37 bits per heavy atom. The van der Waals surface area contributed by atoms with Gasteiger partial charge in [0.05, 0.1) is 25.7 Å². The van der Waals surface area contributed by atoms with Gasteiger partial charge in [0, 0.05) is 13.5 Å². The first kappa shape index (κ1) is 20.5. The summed E-state index contributed by atoms with van der Waals surface area (Å²) < 4.78 is 9.66. The third-order valence-electron chi connectivity index (χ3n) is 2.50. The van der Waals surface area contributed by atoms with E-state index in [0.717, 1.165) is 13.0 Å². The Labute approximate surface area is 121 Å². The number of hydrogen-bond acceptors (Lipinski definition) is 5. The van der Waals surface area contributed by atoms with Crippen LogP contribution in [-0.4, -0.2) is 51.8 Å². The molecule has 1 unspecified atom stereocenters. The first-order chi connectivity index (χ1) is 8.47. The highest BCUT2D eigenvalue weighted by molar-refractivity contribution is 5.85. The van der Waals surface area contributed by atoms with E-state index in [2.05, 4.69) is 15.4 Å². The highest BCUT2D eigenvalue weighted by Gasteiger charge is 2.29. The maximum absolute atomic E-state index is 11.7. The zero-order valence-corrected chi connectivity index (χ0v) is 12.9.